The Morgan fingerprint density at radius 2 is 1.88 bits per heavy atom. The van der Waals surface area contributed by atoms with Gasteiger partial charge in [-0.25, -0.2) is 5.01 Å². The molecule has 0 amide bonds. The lowest BCUT2D eigenvalue weighted by molar-refractivity contribution is 0.254. The summed E-state index contributed by atoms with van der Waals surface area (Å²) in [5.41, 5.74) is 1.31. The molecule has 1 N–H and O–H groups in total. The lowest BCUT2D eigenvalue weighted by Crippen LogP contribution is -2.28. The van der Waals surface area contributed by atoms with Gasteiger partial charge in [-0.2, -0.15) is 13.5 Å². The Balaban J connectivity index is 2.00. The van der Waals surface area contributed by atoms with Gasteiger partial charge in [-0.15, -0.1) is 4.40 Å². The monoisotopic (exact) mass is 407 g/mol. The number of rotatable bonds is 4. The van der Waals surface area contributed by atoms with Gasteiger partial charge in [0.05, 0.1) is 19.4 Å². The standard InChI is InChI=1S/C16H14BrN3O3S/c17-14-7-3-1-5-12(14)11-18-20(9-10-21)16-13-6-2-4-8-15(13)24(22,23)19-16/h1-8,11,21H,9-10H2/b18-11+. The molecular weight excluding hydrogens is 394 g/mol. The highest BCUT2D eigenvalue weighted by atomic mass is 79.9. The van der Waals surface area contributed by atoms with Gasteiger partial charge in [0, 0.05) is 15.6 Å². The van der Waals surface area contributed by atoms with Crippen molar-refractivity contribution in [3.63, 3.8) is 0 Å². The summed E-state index contributed by atoms with van der Waals surface area (Å²) >= 11 is 3.43. The number of hydrazone groups is 1. The Hall–Kier alpha value is -2.03. The van der Waals surface area contributed by atoms with Crippen LogP contribution < -0.4 is 0 Å². The summed E-state index contributed by atoms with van der Waals surface area (Å²) in [6, 6.07) is 14.1. The largest absolute Gasteiger partial charge is 0.394 e. The number of benzene rings is 2. The lowest BCUT2D eigenvalue weighted by Gasteiger charge is -2.17. The fourth-order valence-corrected chi connectivity index (χ4v) is 3.89. The second-order valence-electron chi connectivity index (χ2n) is 5.00. The molecule has 2 aromatic rings. The van der Waals surface area contributed by atoms with Crippen molar-refractivity contribution in [2.45, 2.75) is 4.90 Å². The molecule has 0 unspecified atom stereocenters. The van der Waals surface area contributed by atoms with Crippen molar-refractivity contribution in [3.8, 4) is 0 Å². The maximum Gasteiger partial charge on any atom is 0.285 e. The third-order valence-electron chi connectivity index (χ3n) is 3.41. The SMILES string of the molecule is O=S1(=O)N=C(N(CCO)/N=C/c2ccccc2Br)c2ccccc21. The molecule has 1 heterocycles. The summed E-state index contributed by atoms with van der Waals surface area (Å²) in [7, 11) is -3.73. The predicted octanol–water partition coefficient (Wildman–Crippen LogP) is 2.23. The van der Waals surface area contributed by atoms with Crippen molar-refractivity contribution in [3.05, 3.63) is 64.1 Å². The van der Waals surface area contributed by atoms with Crippen molar-refractivity contribution < 1.29 is 13.5 Å². The topological polar surface area (TPSA) is 82.3 Å². The van der Waals surface area contributed by atoms with Crippen molar-refractivity contribution in [1.82, 2.24) is 5.01 Å². The third-order valence-corrected chi connectivity index (χ3v) is 5.46. The van der Waals surface area contributed by atoms with Crippen LogP contribution >= 0.6 is 15.9 Å². The molecule has 0 aliphatic carbocycles. The maximum atomic E-state index is 12.2. The second-order valence-corrected chi connectivity index (χ2v) is 7.43. The van der Waals surface area contributed by atoms with Gasteiger partial charge < -0.3 is 5.11 Å². The van der Waals surface area contributed by atoms with Crippen LogP contribution in [-0.2, 0) is 10.0 Å². The molecule has 0 bridgehead atoms. The number of halogens is 1. The molecule has 24 heavy (non-hydrogen) atoms. The molecule has 0 fully saturated rings. The molecule has 0 saturated carbocycles. The zero-order valence-corrected chi connectivity index (χ0v) is 14.9. The van der Waals surface area contributed by atoms with Crippen LogP contribution in [0.5, 0.6) is 0 Å². The molecule has 1 aliphatic rings. The third kappa shape index (κ3) is 3.26. The van der Waals surface area contributed by atoms with Gasteiger partial charge in [0.15, 0.2) is 5.84 Å². The van der Waals surface area contributed by atoms with E-state index >= 15 is 0 Å². The van der Waals surface area contributed by atoms with Gasteiger partial charge in [-0.1, -0.05) is 46.3 Å². The van der Waals surface area contributed by atoms with Crippen LogP contribution in [-0.4, -0.2) is 43.7 Å². The molecular formula is C16H14BrN3O3S. The quantitative estimate of drug-likeness (QED) is 0.622. The average Bonchev–Trinajstić information content (AvgIpc) is 2.85. The number of aliphatic hydroxyl groups is 1. The number of sulfonamides is 1. The van der Waals surface area contributed by atoms with E-state index in [9.17, 15) is 13.5 Å². The number of hydrogen-bond acceptors (Lipinski definition) is 5. The molecule has 1 aliphatic heterocycles. The molecule has 0 saturated heterocycles. The first-order chi connectivity index (χ1) is 11.5. The van der Waals surface area contributed by atoms with Crippen LogP contribution in [0.15, 0.2) is 67.4 Å². The summed E-state index contributed by atoms with van der Waals surface area (Å²) in [4.78, 5) is 0.152. The van der Waals surface area contributed by atoms with Crippen molar-refractivity contribution >= 4 is 38.0 Å². The van der Waals surface area contributed by atoms with Crippen LogP contribution in [0.1, 0.15) is 11.1 Å². The first-order valence-corrected chi connectivity index (χ1v) is 9.37. The Kier molecular flexibility index (Phi) is 4.79. The zero-order valence-electron chi connectivity index (χ0n) is 12.5. The van der Waals surface area contributed by atoms with E-state index in [1.807, 2.05) is 24.3 Å². The summed E-state index contributed by atoms with van der Waals surface area (Å²) in [6.07, 6.45) is 1.59. The van der Waals surface area contributed by atoms with E-state index in [-0.39, 0.29) is 23.9 Å². The van der Waals surface area contributed by atoms with Gasteiger partial charge in [0.2, 0.25) is 0 Å². The fourth-order valence-electron chi connectivity index (χ4n) is 2.30. The second kappa shape index (κ2) is 6.84. The predicted molar refractivity (Wildman–Crippen MR) is 95.7 cm³/mol. The molecule has 6 nitrogen and oxygen atoms in total. The smallest absolute Gasteiger partial charge is 0.285 e. The first kappa shape index (κ1) is 16.8. The normalized spacial score (nSPS) is 15.3. The first-order valence-electron chi connectivity index (χ1n) is 7.14. The summed E-state index contributed by atoms with van der Waals surface area (Å²) in [5, 5.41) is 15.0. The summed E-state index contributed by atoms with van der Waals surface area (Å²) < 4.78 is 29.0. The number of amidine groups is 1. The van der Waals surface area contributed by atoms with E-state index in [0.717, 1.165) is 10.0 Å². The minimum absolute atomic E-state index is 0.129. The minimum Gasteiger partial charge on any atom is -0.394 e. The highest BCUT2D eigenvalue weighted by Gasteiger charge is 2.31. The van der Waals surface area contributed by atoms with Crippen LogP contribution in [0.3, 0.4) is 0 Å². The molecule has 124 valence electrons. The number of aliphatic hydroxyl groups excluding tert-OH is 1. The van der Waals surface area contributed by atoms with Gasteiger partial charge in [0.25, 0.3) is 10.0 Å². The fraction of sp³-hybridized carbons (Fsp3) is 0.125. The highest BCUT2D eigenvalue weighted by molar-refractivity contribution is 9.10. The van der Waals surface area contributed by atoms with E-state index in [4.69, 9.17) is 0 Å². The van der Waals surface area contributed by atoms with Crippen molar-refractivity contribution in [1.29, 1.82) is 0 Å². The zero-order chi connectivity index (χ0) is 17.2. The van der Waals surface area contributed by atoms with E-state index in [1.165, 1.54) is 11.1 Å². The summed E-state index contributed by atoms with van der Waals surface area (Å²) in [5.74, 6) is 0.211. The van der Waals surface area contributed by atoms with Gasteiger partial charge in [-0.05, 0) is 18.2 Å². The minimum atomic E-state index is -3.73. The van der Waals surface area contributed by atoms with E-state index in [2.05, 4.69) is 25.4 Å². The molecule has 0 radical (unpaired) electrons. The van der Waals surface area contributed by atoms with Crippen molar-refractivity contribution in [2.24, 2.45) is 9.50 Å². The van der Waals surface area contributed by atoms with Gasteiger partial charge in [-0.3, -0.25) is 0 Å². The van der Waals surface area contributed by atoms with Crippen LogP contribution in [0.4, 0.5) is 0 Å². The van der Waals surface area contributed by atoms with Crippen molar-refractivity contribution in [2.75, 3.05) is 13.2 Å². The average molecular weight is 408 g/mol. The van der Waals surface area contributed by atoms with E-state index in [1.54, 1.807) is 24.4 Å². The molecule has 0 spiro atoms. The number of fused-ring (bicyclic) bond motifs is 1. The molecule has 3 rings (SSSR count). The number of nitrogens with zero attached hydrogens (tertiary/aromatic N) is 3. The Morgan fingerprint density at radius 1 is 1.17 bits per heavy atom. The number of hydrogen-bond donors (Lipinski definition) is 1. The van der Waals surface area contributed by atoms with E-state index in [0.29, 0.717) is 5.56 Å². The Morgan fingerprint density at radius 3 is 2.62 bits per heavy atom. The van der Waals surface area contributed by atoms with Crippen LogP contribution in [0.2, 0.25) is 0 Å². The van der Waals surface area contributed by atoms with Crippen LogP contribution in [0, 0.1) is 0 Å². The molecule has 0 atom stereocenters. The molecule has 8 heteroatoms. The van der Waals surface area contributed by atoms with Gasteiger partial charge in [0.1, 0.15) is 4.90 Å². The lowest BCUT2D eigenvalue weighted by atomic mass is 10.2. The van der Waals surface area contributed by atoms with E-state index < -0.39 is 10.0 Å². The highest BCUT2D eigenvalue weighted by Crippen LogP contribution is 2.27. The summed E-state index contributed by atoms with van der Waals surface area (Å²) in [6.45, 7) is -0.0574. The Labute approximate surface area is 148 Å². The molecule has 2 aromatic carbocycles. The van der Waals surface area contributed by atoms with Gasteiger partial charge >= 0.3 is 0 Å². The Bertz CT molecular complexity index is 926. The van der Waals surface area contributed by atoms with Crippen LogP contribution in [0.25, 0.3) is 0 Å². The maximum absolute atomic E-state index is 12.2. The molecule has 0 aromatic heterocycles.